The molecule has 12 heteroatoms. The highest BCUT2D eigenvalue weighted by atomic mass is 35.5. The molecule has 3 aromatic rings. The summed E-state index contributed by atoms with van der Waals surface area (Å²) in [6.07, 6.45) is 1.46. The van der Waals surface area contributed by atoms with Crippen LogP contribution in [0.1, 0.15) is 47.4 Å². The van der Waals surface area contributed by atoms with Gasteiger partial charge < -0.3 is 26.0 Å². The third kappa shape index (κ3) is 6.85. The fraction of sp³-hybridized carbons (Fsp3) is 0.333. The lowest BCUT2D eigenvalue weighted by atomic mass is 9.97. The zero-order valence-electron chi connectivity index (χ0n) is 22.9. The van der Waals surface area contributed by atoms with Crippen molar-refractivity contribution < 1.29 is 28.3 Å². The van der Waals surface area contributed by atoms with Gasteiger partial charge in [0.25, 0.3) is 5.91 Å². The molecule has 3 atom stereocenters. The number of phenols is 1. The molecule has 42 heavy (non-hydrogen) atoms. The highest BCUT2D eigenvalue weighted by Crippen LogP contribution is 2.29. The highest BCUT2D eigenvalue weighted by Gasteiger charge is 2.40. The minimum atomic E-state index is -1.40. The van der Waals surface area contributed by atoms with Crippen LogP contribution in [0.2, 0.25) is 0 Å². The van der Waals surface area contributed by atoms with Crippen LogP contribution < -0.4 is 16.0 Å². The van der Waals surface area contributed by atoms with Crippen LogP contribution in [0.15, 0.2) is 54.6 Å². The van der Waals surface area contributed by atoms with Gasteiger partial charge in [0.05, 0.1) is 24.6 Å². The molecule has 1 saturated heterocycles. The average Bonchev–Trinajstić information content (AvgIpc) is 3.38. The number of phenolic OH excluding ortho intramolecular Hbond substituents is 1. The molecule has 1 aromatic heterocycles. The summed E-state index contributed by atoms with van der Waals surface area (Å²) in [5.74, 6) is -2.20. The molecular formula is C30H32ClF2N5O4. The number of pyridine rings is 1. The van der Waals surface area contributed by atoms with Crippen molar-refractivity contribution in [2.45, 2.75) is 38.0 Å². The van der Waals surface area contributed by atoms with Gasteiger partial charge in [-0.15, -0.1) is 12.4 Å². The molecule has 3 heterocycles. The van der Waals surface area contributed by atoms with Crippen molar-refractivity contribution in [1.82, 2.24) is 25.8 Å². The number of hydrogen-bond donors (Lipinski definition) is 4. The molecule has 0 spiro atoms. The van der Waals surface area contributed by atoms with E-state index in [0.29, 0.717) is 23.0 Å². The quantitative estimate of drug-likeness (QED) is 0.330. The molecule has 222 valence electrons. The van der Waals surface area contributed by atoms with Crippen molar-refractivity contribution in [3.8, 4) is 5.75 Å². The maximum Gasteiger partial charge on any atom is 0.270 e. The monoisotopic (exact) mass is 599 g/mol. The molecular weight excluding hydrogens is 568 g/mol. The number of aromatic hydroxyl groups is 1. The Morgan fingerprint density at radius 1 is 1.17 bits per heavy atom. The van der Waals surface area contributed by atoms with Crippen molar-refractivity contribution in [3.05, 3.63) is 77.2 Å². The SMILES string of the molecule is C[C@H](NC(=O)[C@@H]1C[C@@H](F)CN1C(=O)CNC(=O)c1ccc2cc(F)ccc2n1)c1cc(C2=CCCNC2)ccc1O.Cl. The van der Waals surface area contributed by atoms with Gasteiger partial charge in [-0.25, -0.2) is 13.8 Å². The van der Waals surface area contributed by atoms with E-state index in [-0.39, 0.29) is 36.8 Å². The average molecular weight is 600 g/mol. The zero-order chi connectivity index (χ0) is 29.1. The molecule has 2 aliphatic heterocycles. The standard InChI is InChI=1S/C30H31F2N5O4.ClH/c1-17(23-12-18(5-9-27(23)38)20-3-2-10-33-14-20)35-30(41)26-13-22(32)16-37(26)28(39)15-34-29(40)25-7-4-19-11-21(31)6-8-24(19)36-25;/h3-9,11-12,17,22,26,33,38H,2,10,13-16H2,1H3,(H,34,40)(H,35,41);1H/t17-,22+,26-;/m0./s1. The summed E-state index contributed by atoms with van der Waals surface area (Å²) in [6.45, 7) is 2.58. The van der Waals surface area contributed by atoms with Gasteiger partial charge in [0.2, 0.25) is 11.8 Å². The molecule has 0 radical (unpaired) electrons. The van der Waals surface area contributed by atoms with Gasteiger partial charge in [0, 0.05) is 23.9 Å². The second-order valence-corrected chi connectivity index (χ2v) is 10.3. The Balaban J connectivity index is 0.00000405. The lowest BCUT2D eigenvalue weighted by molar-refractivity contribution is -0.138. The van der Waals surface area contributed by atoms with Crippen LogP contribution in [-0.4, -0.2) is 71.1 Å². The fourth-order valence-corrected chi connectivity index (χ4v) is 5.23. The predicted molar refractivity (Wildman–Crippen MR) is 156 cm³/mol. The Hall–Kier alpha value is -4.09. The van der Waals surface area contributed by atoms with Crippen molar-refractivity contribution in [2.75, 3.05) is 26.2 Å². The number of fused-ring (bicyclic) bond motifs is 1. The van der Waals surface area contributed by atoms with Crippen LogP contribution in [0.4, 0.5) is 8.78 Å². The number of carbonyl (C=O) groups is 3. The number of nitrogens with one attached hydrogen (secondary N) is 3. The van der Waals surface area contributed by atoms with E-state index in [1.54, 1.807) is 19.1 Å². The van der Waals surface area contributed by atoms with Crippen molar-refractivity contribution in [2.24, 2.45) is 0 Å². The second kappa shape index (κ2) is 13.3. The zero-order valence-corrected chi connectivity index (χ0v) is 23.7. The fourth-order valence-electron chi connectivity index (χ4n) is 5.23. The first-order chi connectivity index (χ1) is 19.7. The Morgan fingerprint density at radius 2 is 1.98 bits per heavy atom. The van der Waals surface area contributed by atoms with Gasteiger partial charge in [-0.2, -0.15) is 0 Å². The summed E-state index contributed by atoms with van der Waals surface area (Å²) in [4.78, 5) is 44.1. The molecule has 5 rings (SSSR count). The molecule has 0 unspecified atom stereocenters. The number of rotatable bonds is 7. The predicted octanol–water partition coefficient (Wildman–Crippen LogP) is 3.42. The maximum atomic E-state index is 14.4. The van der Waals surface area contributed by atoms with E-state index in [9.17, 15) is 28.3 Å². The van der Waals surface area contributed by atoms with Crippen molar-refractivity contribution >= 4 is 46.6 Å². The maximum absolute atomic E-state index is 14.4. The molecule has 9 nitrogen and oxygen atoms in total. The van der Waals surface area contributed by atoms with E-state index >= 15 is 0 Å². The molecule has 1 fully saturated rings. The van der Waals surface area contributed by atoms with Gasteiger partial charge in [-0.3, -0.25) is 14.4 Å². The summed E-state index contributed by atoms with van der Waals surface area (Å²) < 4.78 is 27.8. The van der Waals surface area contributed by atoms with E-state index in [1.807, 2.05) is 12.1 Å². The van der Waals surface area contributed by atoms with E-state index in [2.05, 4.69) is 27.0 Å². The number of hydrogen-bond acceptors (Lipinski definition) is 6. The first-order valence-corrected chi connectivity index (χ1v) is 13.5. The van der Waals surface area contributed by atoms with E-state index < -0.39 is 48.3 Å². The Bertz CT molecular complexity index is 1530. The van der Waals surface area contributed by atoms with Crippen molar-refractivity contribution in [3.63, 3.8) is 0 Å². The van der Waals surface area contributed by atoms with Crippen LogP contribution in [0, 0.1) is 5.82 Å². The molecule has 4 N–H and O–H groups in total. The molecule has 2 aliphatic rings. The third-order valence-electron chi connectivity index (χ3n) is 7.41. The smallest absolute Gasteiger partial charge is 0.270 e. The van der Waals surface area contributed by atoms with Crippen LogP contribution in [0.3, 0.4) is 0 Å². The van der Waals surface area contributed by atoms with Crippen LogP contribution in [-0.2, 0) is 9.59 Å². The summed E-state index contributed by atoms with van der Waals surface area (Å²) in [5.41, 5.74) is 2.98. The molecule has 0 aliphatic carbocycles. The van der Waals surface area contributed by atoms with E-state index in [0.717, 1.165) is 29.0 Å². The number of halogens is 3. The number of benzene rings is 2. The van der Waals surface area contributed by atoms with Gasteiger partial charge in [0.15, 0.2) is 0 Å². The Morgan fingerprint density at radius 3 is 2.74 bits per heavy atom. The summed E-state index contributed by atoms with van der Waals surface area (Å²) in [7, 11) is 0. The number of nitrogens with zero attached hydrogens (tertiary/aromatic N) is 2. The summed E-state index contributed by atoms with van der Waals surface area (Å²) in [6, 6.07) is 10.5. The number of carbonyl (C=O) groups excluding carboxylic acids is 3. The van der Waals surface area contributed by atoms with E-state index in [4.69, 9.17) is 0 Å². The van der Waals surface area contributed by atoms with Crippen LogP contribution in [0.25, 0.3) is 16.5 Å². The normalized spacial score (nSPS) is 19.0. The first kappa shape index (κ1) is 30.9. The molecule has 2 aromatic carbocycles. The van der Waals surface area contributed by atoms with Crippen molar-refractivity contribution in [1.29, 1.82) is 0 Å². The first-order valence-electron chi connectivity index (χ1n) is 13.5. The summed E-state index contributed by atoms with van der Waals surface area (Å²) in [5, 5.41) is 19.6. The van der Waals surface area contributed by atoms with Crippen LogP contribution in [0.5, 0.6) is 5.75 Å². The molecule has 3 amide bonds. The van der Waals surface area contributed by atoms with Gasteiger partial charge in [0.1, 0.15) is 29.5 Å². The van der Waals surface area contributed by atoms with Gasteiger partial charge in [-0.05, 0) is 67.4 Å². The Kier molecular flexibility index (Phi) is 9.74. The number of likely N-dealkylation sites (tertiary alicyclic amines) is 1. The second-order valence-electron chi connectivity index (χ2n) is 10.3. The topological polar surface area (TPSA) is 124 Å². The minimum absolute atomic E-state index is 0. The number of aromatic nitrogens is 1. The Labute approximate surface area is 247 Å². The summed E-state index contributed by atoms with van der Waals surface area (Å²) >= 11 is 0. The minimum Gasteiger partial charge on any atom is -0.508 e. The van der Waals surface area contributed by atoms with E-state index in [1.165, 1.54) is 24.3 Å². The number of amides is 3. The largest absolute Gasteiger partial charge is 0.508 e. The third-order valence-corrected chi connectivity index (χ3v) is 7.41. The molecule has 0 saturated carbocycles. The highest BCUT2D eigenvalue weighted by molar-refractivity contribution is 5.97. The van der Waals surface area contributed by atoms with Crippen LogP contribution >= 0.6 is 12.4 Å². The van der Waals surface area contributed by atoms with Gasteiger partial charge >= 0.3 is 0 Å². The molecule has 0 bridgehead atoms. The lowest BCUT2D eigenvalue weighted by Gasteiger charge is -2.26. The van der Waals surface area contributed by atoms with Gasteiger partial charge in [-0.1, -0.05) is 18.2 Å². The lowest BCUT2D eigenvalue weighted by Crippen LogP contribution is -2.49. The number of alkyl halides is 1.